The van der Waals surface area contributed by atoms with Gasteiger partial charge in [-0.05, 0) is 23.8 Å². The van der Waals surface area contributed by atoms with Crippen LogP contribution in [0, 0.1) is 0 Å². The maximum absolute atomic E-state index is 12.6. The molecule has 0 saturated heterocycles. The summed E-state index contributed by atoms with van der Waals surface area (Å²) in [5.74, 6) is -1.39. The number of ether oxygens (including phenoxy) is 1. The van der Waals surface area contributed by atoms with Crippen LogP contribution in [0.1, 0.15) is 22.2 Å². The number of aromatic nitrogens is 1. The van der Waals surface area contributed by atoms with Crippen LogP contribution in [0.5, 0.6) is 0 Å². The fourth-order valence-electron chi connectivity index (χ4n) is 2.51. The summed E-state index contributed by atoms with van der Waals surface area (Å²) in [5.41, 5.74) is 1.11. The Balaban J connectivity index is 1.85. The number of esters is 1. The molecule has 0 aliphatic heterocycles. The van der Waals surface area contributed by atoms with Crippen LogP contribution in [0.4, 0.5) is 0 Å². The molecule has 0 aliphatic carbocycles. The molecule has 27 heavy (non-hydrogen) atoms. The molecule has 2 unspecified atom stereocenters. The second-order valence-electron chi connectivity index (χ2n) is 5.58. The van der Waals surface area contributed by atoms with Crippen molar-refractivity contribution >= 4 is 68.2 Å². The number of aromatic amines is 1. The van der Waals surface area contributed by atoms with E-state index in [9.17, 15) is 14.7 Å². The number of aliphatic hydroxyl groups excluding tert-OH is 1. The van der Waals surface area contributed by atoms with Gasteiger partial charge in [-0.2, -0.15) is 0 Å². The number of amides is 1. The van der Waals surface area contributed by atoms with Crippen LogP contribution in [0.15, 0.2) is 30.3 Å². The molecule has 1 aromatic carbocycles. The van der Waals surface area contributed by atoms with Crippen LogP contribution in [-0.4, -0.2) is 35.1 Å². The molecule has 0 bridgehead atoms. The Morgan fingerprint density at radius 1 is 1.22 bits per heavy atom. The summed E-state index contributed by atoms with van der Waals surface area (Å²) in [4.78, 5) is 27.6. The highest BCUT2D eigenvalue weighted by molar-refractivity contribution is 7.23. The van der Waals surface area contributed by atoms with Gasteiger partial charge in [0.15, 0.2) is 6.04 Å². The largest absolute Gasteiger partial charge is 0.467 e. The van der Waals surface area contributed by atoms with E-state index < -0.39 is 24.0 Å². The minimum Gasteiger partial charge on any atom is -0.467 e. The number of thiophene rings is 1. The van der Waals surface area contributed by atoms with Gasteiger partial charge in [0.25, 0.3) is 5.91 Å². The molecule has 142 valence electrons. The van der Waals surface area contributed by atoms with E-state index in [0.29, 0.717) is 30.2 Å². The van der Waals surface area contributed by atoms with Gasteiger partial charge in [-0.1, -0.05) is 46.9 Å². The number of H-pyrrole nitrogens is 1. The zero-order chi connectivity index (χ0) is 19.7. The molecule has 2 heterocycles. The van der Waals surface area contributed by atoms with Gasteiger partial charge in [-0.15, -0.1) is 11.3 Å². The predicted molar refractivity (Wildman–Crippen MR) is 106 cm³/mol. The third kappa shape index (κ3) is 4.07. The van der Waals surface area contributed by atoms with Gasteiger partial charge in [-0.3, -0.25) is 4.79 Å². The summed E-state index contributed by atoms with van der Waals surface area (Å²) in [5, 5.41) is 13.8. The predicted octanol–water partition coefficient (Wildman–Crippen LogP) is 4.19. The van der Waals surface area contributed by atoms with Gasteiger partial charge in [0.2, 0.25) is 0 Å². The average Bonchev–Trinajstić information content (AvgIpc) is 3.18. The number of rotatable bonds is 5. The molecule has 0 radical (unpaired) electrons. The number of nitrogens with one attached hydrogen (secondary N) is 2. The highest BCUT2D eigenvalue weighted by Crippen LogP contribution is 2.38. The molecule has 3 aromatic rings. The van der Waals surface area contributed by atoms with Crippen LogP contribution in [0.25, 0.3) is 10.2 Å². The number of benzene rings is 1. The van der Waals surface area contributed by atoms with Crippen molar-refractivity contribution in [2.45, 2.75) is 12.1 Å². The van der Waals surface area contributed by atoms with E-state index in [1.807, 2.05) is 0 Å². The fraction of sp³-hybridized carbons (Fsp3) is 0.176. The summed E-state index contributed by atoms with van der Waals surface area (Å²) < 4.78 is 5.82. The van der Waals surface area contributed by atoms with Crippen LogP contribution < -0.4 is 5.32 Å². The molecule has 6 nitrogen and oxygen atoms in total. The number of hydrogen-bond donors (Lipinski definition) is 3. The molecule has 0 saturated carbocycles. The van der Waals surface area contributed by atoms with E-state index in [1.54, 1.807) is 30.3 Å². The molecular weight excluding hydrogens is 435 g/mol. The van der Waals surface area contributed by atoms with Gasteiger partial charge in [-0.25, -0.2) is 4.79 Å². The maximum Gasteiger partial charge on any atom is 0.331 e. The van der Waals surface area contributed by atoms with Gasteiger partial charge in [0.05, 0.1) is 22.3 Å². The lowest BCUT2D eigenvalue weighted by atomic mass is 10.0. The van der Waals surface area contributed by atoms with Crippen molar-refractivity contribution in [3.05, 3.63) is 56.0 Å². The van der Waals surface area contributed by atoms with Gasteiger partial charge in [0, 0.05) is 5.02 Å². The second kappa shape index (κ2) is 8.08. The number of carbonyl (C=O) groups excluding carboxylic acids is 2. The zero-order valence-corrected chi connectivity index (χ0v) is 16.8. The molecular formula is C17H13Cl3N2O4S. The first kappa shape index (κ1) is 20.0. The molecule has 10 heteroatoms. The maximum atomic E-state index is 12.6. The van der Waals surface area contributed by atoms with E-state index in [0.717, 1.165) is 0 Å². The number of fused-ring (bicyclic) bond motifs is 1. The van der Waals surface area contributed by atoms with Crippen LogP contribution in [0.3, 0.4) is 0 Å². The number of carbonyl (C=O) groups is 2. The molecule has 0 aliphatic rings. The first-order chi connectivity index (χ1) is 12.8. The lowest BCUT2D eigenvalue weighted by Gasteiger charge is -2.22. The van der Waals surface area contributed by atoms with Crippen LogP contribution >= 0.6 is 46.1 Å². The Labute approximate surface area is 173 Å². The molecule has 2 aromatic heterocycles. The Hall–Kier alpha value is -1.77. The molecule has 0 fully saturated rings. The summed E-state index contributed by atoms with van der Waals surface area (Å²) in [6.45, 7) is 0. The van der Waals surface area contributed by atoms with Crippen molar-refractivity contribution in [3.63, 3.8) is 0 Å². The van der Waals surface area contributed by atoms with Crippen molar-refractivity contribution in [1.29, 1.82) is 0 Å². The fourth-order valence-corrected chi connectivity index (χ4v) is 4.11. The summed E-state index contributed by atoms with van der Waals surface area (Å²) in [7, 11) is 1.17. The van der Waals surface area contributed by atoms with Gasteiger partial charge < -0.3 is 20.1 Å². The smallest absolute Gasteiger partial charge is 0.331 e. The highest BCUT2D eigenvalue weighted by atomic mass is 35.5. The van der Waals surface area contributed by atoms with Crippen molar-refractivity contribution < 1.29 is 19.4 Å². The summed E-state index contributed by atoms with van der Waals surface area (Å²) >= 11 is 19.1. The molecule has 2 atom stereocenters. The van der Waals surface area contributed by atoms with E-state index >= 15 is 0 Å². The monoisotopic (exact) mass is 446 g/mol. The molecule has 3 N–H and O–H groups in total. The Morgan fingerprint density at radius 3 is 2.48 bits per heavy atom. The number of halogens is 3. The van der Waals surface area contributed by atoms with Crippen LogP contribution in [-0.2, 0) is 9.53 Å². The van der Waals surface area contributed by atoms with Gasteiger partial charge in [0.1, 0.15) is 16.1 Å². The minimum absolute atomic E-state index is 0.173. The number of hydrogen-bond acceptors (Lipinski definition) is 5. The lowest BCUT2D eigenvalue weighted by Crippen LogP contribution is -2.45. The van der Waals surface area contributed by atoms with Crippen molar-refractivity contribution in [1.82, 2.24) is 10.3 Å². The van der Waals surface area contributed by atoms with E-state index in [-0.39, 0.29) is 5.69 Å². The summed E-state index contributed by atoms with van der Waals surface area (Å²) in [6, 6.07) is 6.51. The number of aliphatic hydroxyl groups is 1. The topological polar surface area (TPSA) is 91.4 Å². The first-order valence-electron chi connectivity index (χ1n) is 7.60. The standard InChI is InChI=1S/C17H13Cl3N2O4S/c1-26-17(25)13(14(23)7-2-4-8(18)5-3-7)22-16(24)9-6-10-12(21-9)11(19)15(20)27-10/h2-6,13-14,21,23H,1H3,(H,22,24). The van der Waals surface area contributed by atoms with E-state index in [1.165, 1.54) is 18.4 Å². The van der Waals surface area contributed by atoms with Crippen molar-refractivity contribution in [2.24, 2.45) is 0 Å². The Morgan fingerprint density at radius 2 is 1.89 bits per heavy atom. The zero-order valence-electron chi connectivity index (χ0n) is 13.8. The summed E-state index contributed by atoms with van der Waals surface area (Å²) in [6.07, 6.45) is -1.33. The minimum atomic E-state index is -1.33. The normalized spacial score (nSPS) is 13.4. The molecule has 1 amide bonds. The lowest BCUT2D eigenvalue weighted by molar-refractivity contribution is -0.146. The van der Waals surface area contributed by atoms with E-state index in [2.05, 4.69) is 10.3 Å². The molecule has 0 spiro atoms. The first-order valence-corrected chi connectivity index (χ1v) is 9.55. The van der Waals surface area contributed by atoms with Crippen molar-refractivity contribution in [3.8, 4) is 0 Å². The molecule has 3 rings (SSSR count). The Bertz CT molecular complexity index is 1000. The third-order valence-corrected chi connectivity index (χ3v) is 6.07. The second-order valence-corrected chi connectivity index (χ2v) is 8.05. The Kier molecular flexibility index (Phi) is 5.98. The van der Waals surface area contributed by atoms with Crippen LogP contribution in [0.2, 0.25) is 14.4 Å². The SMILES string of the molecule is COC(=O)C(NC(=O)c1cc2sc(Cl)c(Cl)c2[nH]1)C(O)c1ccc(Cl)cc1. The van der Waals surface area contributed by atoms with Gasteiger partial charge >= 0.3 is 5.97 Å². The average molecular weight is 448 g/mol. The van der Waals surface area contributed by atoms with E-state index in [4.69, 9.17) is 39.5 Å². The number of methoxy groups -OCH3 is 1. The van der Waals surface area contributed by atoms with Crippen molar-refractivity contribution in [2.75, 3.05) is 7.11 Å². The third-order valence-electron chi connectivity index (χ3n) is 3.89. The quantitative estimate of drug-likeness (QED) is 0.511. The highest BCUT2D eigenvalue weighted by Gasteiger charge is 2.31.